The van der Waals surface area contributed by atoms with E-state index in [1.54, 1.807) is 11.3 Å². The second-order valence-corrected chi connectivity index (χ2v) is 9.38. The largest absolute Gasteiger partial charge is 0.343 e. The number of hydrogen-bond acceptors (Lipinski definition) is 3. The average Bonchev–Trinajstić information content (AvgIpc) is 3.02. The van der Waals surface area contributed by atoms with E-state index in [9.17, 15) is 0 Å². The fraction of sp³-hybridized carbons (Fsp3) is 0.522. The van der Waals surface area contributed by atoms with Crippen LogP contribution in [0.5, 0.6) is 0 Å². The number of rotatable bonds is 6. The molecule has 28 heavy (non-hydrogen) atoms. The molecule has 0 aliphatic carbocycles. The minimum absolute atomic E-state index is 0.832. The van der Waals surface area contributed by atoms with Crippen LogP contribution < -0.4 is 5.32 Å². The lowest BCUT2D eigenvalue weighted by Gasteiger charge is -2.29. The van der Waals surface area contributed by atoms with E-state index in [-0.39, 0.29) is 0 Å². The van der Waals surface area contributed by atoms with Gasteiger partial charge in [-0.15, -0.1) is 11.3 Å². The van der Waals surface area contributed by atoms with Gasteiger partial charge in [0.25, 0.3) is 0 Å². The summed E-state index contributed by atoms with van der Waals surface area (Å²) in [6.07, 6.45) is 5.41. The van der Waals surface area contributed by atoms with Crippen molar-refractivity contribution in [3.05, 3.63) is 51.2 Å². The SMILES string of the molecule is Cc1cc(C)c(NC(=S)N(CCN2CCCCCC2)Cc2cccs2)c(C)c1. The van der Waals surface area contributed by atoms with E-state index < -0.39 is 0 Å². The smallest absolute Gasteiger partial charge is 0.173 e. The van der Waals surface area contributed by atoms with Gasteiger partial charge in [0.15, 0.2) is 5.11 Å². The molecule has 1 fully saturated rings. The van der Waals surface area contributed by atoms with Crippen LogP contribution in [0.4, 0.5) is 5.69 Å². The summed E-state index contributed by atoms with van der Waals surface area (Å²) in [5.41, 5.74) is 4.96. The number of aryl methyl sites for hydroxylation is 3. The molecule has 0 saturated carbocycles. The maximum absolute atomic E-state index is 5.88. The Morgan fingerprint density at radius 1 is 1.11 bits per heavy atom. The molecule has 2 aromatic rings. The van der Waals surface area contributed by atoms with Crippen LogP contribution in [0, 0.1) is 20.8 Å². The first-order valence-corrected chi connectivity index (χ1v) is 11.7. The van der Waals surface area contributed by atoms with Crippen molar-refractivity contribution >= 4 is 34.4 Å². The van der Waals surface area contributed by atoms with Crippen LogP contribution in [0.25, 0.3) is 0 Å². The number of thiophene rings is 1. The summed E-state index contributed by atoms with van der Waals surface area (Å²) in [4.78, 5) is 6.31. The van der Waals surface area contributed by atoms with E-state index in [4.69, 9.17) is 12.2 Å². The Bertz CT molecular complexity index is 739. The number of anilines is 1. The highest BCUT2D eigenvalue weighted by atomic mass is 32.1. The van der Waals surface area contributed by atoms with Crippen LogP contribution in [-0.2, 0) is 6.54 Å². The van der Waals surface area contributed by atoms with Crippen molar-refractivity contribution in [2.75, 3.05) is 31.5 Å². The third-order valence-corrected chi connectivity index (χ3v) is 6.73. The van der Waals surface area contributed by atoms with Crippen LogP contribution in [0.15, 0.2) is 29.6 Å². The number of thiocarbonyl (C=S) groups is 1. The third kappa shape index (κ3) is 6.03. The van der Waals surface area contributed by atoms with Gasteiger partial charge in [-0.05, 0) is 81.5 Å². The molecule has 1 aromatic carbocycles. The molecule has 5 heteroatoms. The van der Waals surface area contributed by atoms with Gasteiger partial charge in [-0.1, -0.05) is 36.6 Å². The van der Waals surface area contributed by atoms with Gasteiger partial charge in [-0.2, -0.15) is 0 Å². The predicted molar refractivity (Wildman–Crippen MR) is 127 cm³/mol. The van der Waals surface area contributed by atoms with Crippen molar-refractivity contribution in [3.8, 4) is 0 Å². The summed E-state index contributed by atoms with van der Waals surface area (Å²) in [7, 11) is 0. The van der Waals surface area contributed by atoms with Gasteiger partial charge < -0.3 is 15.1 Å². The molecule has 1 saturated heterocycles. The monoisotopic (exact) mass is 415 g/mol. The Hall–Kier alpha value is -1.43. The summed E-state index contributed by atoms with van der Waals surface area (Å²) in [6, 6.07) is 8.77. The van der Waals surface area contributed by atoms with Crippen LogP contribution in [0.3, 0.4) is 0 Å². The molecule has 1 aromatic heterocycles. The van der Waals surface area contributed by atoms with Gasteiger partial charge in [-0.25, -0.2) is 0 Å². The highest BCUT2D eigenvalue weighted by molar-refractivity contribution is 7.80. The molecule has 3 rings (SSSR count). The van der Waals surface area contributed by atoms with Crippen molar-refractivity contribution in [1.29, 1.82) is 0 Å². The van der Waals surface area contributed by atoms with Gasteiger partial charge in [0.05, 0.1) is 6.54 Å². The Morgan fingerprint density at radius 2 is 1.79 bits per heavy atom. The second kappa shape index (κ2) is 10.4. The molecule has 0 radical (unpaired) electrons. The Labute approximate surface area is 179 Å². The zero-order chi connectivity index (χ0) is 19.9. The molecular weight excluding hydrogens is 382 g/mol. The molecule has 2 heterocycles. The number of hydrogen-bond donors (Lipinski definition) is 1. The lowest BCUT2D eigenvalue weighted by molar-refractivity contribution is 0.253. The summed E-state index contributed by atoms with van der Waals surface area (Å²) < 4.78 is 0. The highest BCUT2D eigenvalue weighted by Crippen LogP contribution is 2.23. The molecule has 1 aliphatic heterocycles. The van der Waals surface area contributed by atoms with Crippen molar-refractivity contribution in [3.63, 3.8) is 0 Å². The summed E-state index contributed by atoms with van der Waals surface area (Å²) >= 11 is 7.68. The lowest BCUT2D eigenvalue weighted by Crippen LogP contribution is -2.40. The van der Waals surface area contributed by atoms with Crippen molar-refractivity contribution < 1.29 is 0 Å². The molecule has 0 atom stereocenters. The number of likely N-dealkylation sites (tertiary alicyclic amines) is 1. The number of benzene rings is 1. The summed E-state index contributed by atoms with van der Waals surface area (Å²) in [6.45, 7) is 11.8. The maximum Gasteiger partial charge on any atom is 0.173 e. The molecule has 0 amide bonds. The normalized spacial score (nSPS) is 15.2. The first-order valence-electron chi connectivity index (χ1n) is 10.4. The molecule has 0 unspecified atom stereocenters. The predicted octanol–water partition coefficient (Wildman–Crippen LogP) is 5.75. The van der Waals surface area contributed by atoms with E-state index in [0.29, 0.717) is 0 Å². The zero-order valence-corrected chi connectivity index (χ0v) is 19.1. The first-order chi connectivity index (χ1) is 13.5. The Morgan fingerprint density at radius 3 is 2.39 bits per heavy atom. The fourth-order valence-corrected chi connectivity index (χ4v) is 5.01. The van der Waals surface area contributed by atoms with E-state index in [1.807, 2.05) is 0 Å². The van der Waals surface area contributed by atoms with Crippen molar-refractivity contribution in [1.82, 2.24) is 9.80 Å². The first kappa shape index (κ1) is 21.3. The van der Waals surface area contributed by atoms with Crippen LogP contribution in [0.1, 0.15) is 47.3 Å². The number of nitrogens with zero attached hydrogens (tertiary/aromatic N) is 2. The molecular formula is C23H33N3S2. The van der Waals surface area contributed by atoms with Crippen LogP contribution >= 0.6 is 23.6 Å². The number of nitrogens with one attached hydrogen (secondary N) is 1. The quantitative estimate of drug-likeness (QED) is 0.605. The minimum atomic E-state index is 0.832. The van der Waals surface area contributed by atoms with Crippen molar-refractivity contribution in [2.45, 2.75) is 53.0 Å². The lowest BCUT2D eigenvalue weighted by atomic mass is 10.1. The van der Waals surface area contributed by atoms with Gasteiger partial charge in [0, 0.05) is 23.7 Å². The van der Waals surface area contributed by atoms with E-state index in [1.165, 1.54) is 60.3 Å². The fourth-order valence-electron chi connectivity index (χ4n) is 4.03. The molecule has 152 valence electrons. The van der Waals surface area contributed by atoms with Gasteiger partial charge in [0.2, 0.25) is 0 Å². The minimum Gasteiger partial charge on any atom is -0.343 e. The molecule has 0 bridgehead atoms. The topological polar surface area (TPSA) is 18.5 Å². The average molecular weight is 416 g/mol. The van der Waals surface area contributed by atoms with Gasteiger partial charge in [-0.3, -0.25) is 0 Å². The van der Waals surface area contributed by atoms with E-state index in [0.717, 1.165) is 30.4 Å². The Balaban J connectivity index is 1.69. The molecule has 1 N–H and O–H groups in total. The van der Waals surface area contributed by atoms with Gasteiger partial charge >= 0.3 is 0 Å². The van der Waals surface area contributed by atoms with Crippen LogP contribution in [-0.4, -0.2) is 41.1 Å². The summed E-state index contributed by atoms with van der Waals surface area (Å²) in [5.74, 6) is 0. The zero-order valence-electron chi connectivity index (χ0n) is 17.5. The molecule has 1 aliphatic rings. The maximum atomic E-state index is 5.88. The Kier molecular flexibility index (Phi) is 7.89. The van der Waals surface area contributed by atoms with E-state index >= 15 is 0 Å². The van der Waals surface area contributed by atoms with Gasteiger partial charge in [0.1, 0.15) is 0 Å². The molecule has 3 nitrogen and oxygen atoms in total. The molecule has 0 spiro atoms. The standard InChI is InChI=1S/C23H33N3S2/c1-18-15-19(2)22(20(3)16-18)24-23(27)26(17-21-9-8-14-28-21)13-12-25-10-6-4-5-7-11-25/h8-9,14-16H,4-7,10-13,17H2,1-3H3,(H,24,27). The highest BCUT2D eigenvalue weighted by Gasteiger charge is 2.16. The second-order valence-electron chi connectivity index (χ2n) is 7.96. The third-order valence-electron chi connectivity index (χ3n) is 5.51. The van der Waals surface area contributed by atoms with E-state index in [2.05, 4.69) is 65.5 Å². The van der Waals surface area contributed by atoms with Crippen LogP contribution in [0.2, 0.25) is 0 Å². The van der Waals surface area contributed by atoms with Crippen molar-refractivity contribution in [2.24, 2.45) is 0 Å². The summed E-state index contributed by atoms with van der Waals surface area (Å²) in [5, 5.41) is 6.54.